The number of carboxylic acids is 1. The molecule has 0 aliphatic rings. The van der Waals surface area contributed by atoms with Crippen LogP contribution in [0.4, 0.5) is 0 Å². The maximum atomic E-state index is 10.8. The van der Waals surface area contributed by atoms with E-state index in [1.807, 2.05) is 0 Å². The van der Waals surface area contributed by atoms with Gasteiger partial charge in [-0.05, 0) is 37.1 Å². The van der Waals surface area contributed by atoms with E-state index in [0.29, 0.717) is 23.7 Å². The van der Waals surface area contributed by atoms with Gasteiger partial charge in [0.05, 0.1) is 11.5 Å². The topological polar surface area (TPSA) is 83.8 Å². The Morgan fingerprint density at radius 2 is 2.18 bits per heavy atom. The first-order valence-corrected chi connectivity index (χ1v) is 6.17. The molecule has 0 bridgehead atoms. The number of ether oxygens (including phenoxy) is 1. The number of aliphatic carboxylic acids is 1. The molecule has 1 atom stereocenters. The Bertz CT molecular complexity index is 430. The highest BCUT2D eigenvalue weighted by Gasteiger charge is 2.05. The molecule has 2 N–H and O–H groups in total. The van der Waals surface area contributed by atoms with Gasteiger partial charge in [-0.2, -0.15) is 0 Å². The standard InChI is InChI=1S/C11H14O5S/c1-8-7-9(17(14)15)4-5-10(8)16-6-2-3-11(12)13/h4-5,7H,2-3,6H2,1H3,(H,12,13)(H,14,15). The van der Waals surface area contributed by atoms with Crippen LogP contribution in [0.25, 0.3) is 0 Å². The zero-order chi connectivity index (χ0) is 12.8. The fourth-order valence-electron chi connectivity index (χ4n) is 1.30. The predicted molar refractivity (Wildman–Crippen MR) is 62.6 cm³/mol. The molecule has 1 aromatic rings. The summed E-state index contributed by atoms with van der Waals surface area (Å²) < 4.78 is 25.1. The molecule has 0 saturated heterocycles. The lowest BCUT2D eigenvalue weighted by Crippen LogP contribution is -2.03. The van der Waals surface area contributed by atoms with Gasteiger partial charge in [0.2, 0.25) is 0 Å². The molecule has 6 heteroatoms. The van der Waals surface area contributed by atoms with E-state index < -0.39 is 17.0 Å². The summed E-state index contributed by atoms with van der Waals surface area (Å²) in [4.78, 5) is 10.6. The van der Waals surface area contributed by atoms with Crippen molar-refractivity contribution in [3.05, 3.63) is 23.8 Å². The molecule has 0 aliphatic carbocycles. The van der Waals surface area contributed by atoms with Crippen molar-refractivity contribution in [2.24, 2.45) is 0 Å². The molecule has 0 spiro atoms. The molecule has 0 heterocycles. The number of benzene rings is 1. The highest BCUT2D eigenvalue weighted by molar-refractivity contribution is 7.79. The molecule has 0 aromatic heterocycles. The maximum absolute atomic E-state index is 10.8. The molecule has 0 saturated carbocycles. The van der Waals surface area contributed by atoms with Crippen molar-refractivity contribution >= 4 is 17.0 Å². The van der Waals surface area contributed by atoms with Gasteiger partial charge >= 0.3 is 5.97 Å². The molecule has 0 radical (unpaired) electrons. The van der Waals surface area contributed by atoms with E-state index in [2.05, 4.69) is 0 Å². The van der Waals surface area contributed by atoms with Gasteiger partial charge in [-0.3, -0.25) is 4.79 Å². The highest BCUT2D eigenvalue weighted by Crippen LogP contribution is 2.20. The first-order chi connectivity index (χ1) is 8.00. The van der Waals surface area contributed by atoms with Crippen molar-refractivity contribution < 1.29 is 23.4 Å². The summed E-state index contributed by atoms with van der Waals surface area (Å²) in [6.45, 7) is 2.08. The minimum atomic E-state index is -1.99. The van der Waals surface area contributed by atoms with Gasteiger partial charge in [-0.1, -0.05) is 0 Å². The summed E-state index contributed by atoms with van der Waals surface area (Å²) in [6, 6.07) is 4.69. The third kappa shape index (κ3) is 4.54. The van der Waals surface area contributed by atoms with Crippen molar-refractivity contribution in [1.82, 2.24) is 0 Å². The Morgan fingerprint density at radius 3 is 2.71 bits per heavy atom. The monoisotopic (exact) mass is 258 g/mol. The molecular formula is C11H14O5S. The molecule has 0 fully saturated rings. The molecule has 17 heavy (non-hydrogen) atoms. The van der Waals surface area contributed by atoms with E-state index in [0.717, 1.165) is 5.56 Å². The zero-order valence-corrected chi connectivity index (χ0v) is 10.2. The van der Waals surface area contributed by atoms with Crippen LogP contribution in [0.2, 0.25) is 0 Å². The smallest absolute Gasteiger partial charge is 0.303 e. The third-order valence-electron chi connectivity index (χ3n) is 2.14. The van der Waals surface area contributed by atoms with Crippen LogP contribution >= 0.6 is 0 Å². The van der Waals surface area contributed by atoms with Crippen LogP contribution in [0.15, 0.2) is 23.1 Å². The van der Waals surface area contributed by atoms with Crippen LogP contribution in [-0.2, 0) is 15.9 Å². The lowest BCUT2D eigenvalue weighted by atomic mass is 10.2. The van der Waals surface area contributed by atoms with E-state index in [-0.39, 0.29) is 6.42 Å². The van der Waals surface area contributed by atoms with E-state index in [1.54, 1.807) is 19.1 Å². The van der Waals surface area contributed by atoms with Crippen molar-refractivity contribution in [2.75, 3.05) is 6.61 Å². The average Bonchev–Trinajstić information content (AvgIpc) is 2.25. The quantitative estimate of drug-likeness (QED) is 0.600. The van der Waals surface area contributed by atoms with Crippen molar-refractivity contribution in [2.45, 2.75) is 24.7 Å². The normalized spacial score (nSPS) is 12.1. The summed E-state index contributed by atoms with van der Waals surface area (Å²) in [5.74, 6) is -0.249. The molecule has 1 rings (SSSR count). The number of aryl methyl sites for hydroxylation is 1. The second kappa shape index (κ2) is 6.36. The fraction of sp³-hybridized carbons (Fsp3) is 0.364. The van der Waals surface area contributed by atoms with Crippen LogP contribution in [-0.4, -0.2) is 26.4 Å². The molecular weight excluding hydrogens is 244 g/mol. The van der Waals surface area contributed by atoms with Gasteiger partial charge in [0.25, 0.3) is 0 Å². The van der Waals surface area contributed by atoms with Gasteiger partial charge in [-0.25, -0.2) is 4.21 Å². The van der Waals surface area contributed by atoms with E-state index in [1.165, 1.54) is 6.07 Å². The summed E-state index contributed by atoms with van der Waals surface area (Å²) in [5.41, 5.74) is 0.750. The third-order valence-corrected chi connectivity index (χ3v) is 2.80. The predicted octanol–water partition coefficient (Wildman–Crippen LogP) is 1.82. The molecule has 1 unspecified atom stereocenters. The van der Waals surface area contributed by atoms with Crippen molar-refractivity contribution in [1.29, 1.82) is 0 Å². The molecule has 0 amide bonds. The Labute approximate surface area is 102 Å². The number of carbonyl (C=O) groups is 1. The number of hydrogen-bond donors (Lipinski definition) is 2. The minimum Gasteiger partial charge on any atom is -0.493 e. The maximum Gasteiger partial charge on any atom is 0.303 e. The molecule has 5 nitrogen and oxygen atoms in total. The Morgan fingerprint density at radius 1 is 1.47 bits per heavy atom. The van der Waals surface area contributed by atoms with Crippen LogP contribution in [0.1, 0.15) is 18.4 Å². The van der Waals surface area contributed by atoms with Crippen molar-refractivity contribution in [3.63, 3.8) is 0 Å². The second-order valence-electron chi connectivity index (χ2n) is 3.52. The van der Waals surface area contributed by atoms with E-state index in [4.69, 9.17) is 14.4 Å². The largest absolute Gasteiger partial charge is 0.493 e. The van der Waals surface area contributed by atoms with E-state index in [9.17, 15) is 9.00 Å². The Balaban J connectivity index is 2.54. The minimum absolute atomic E-state index is 0.0672. The van der Waals surface area contributed by atoms with Gasteiger partial charge in [0.15, 0.2) is 11.1 Å². The number of carboxylic acid groups (broad SMARTS) is 1. The lowest BCUT2D eigenvalue weighted by molar-refractivity contribution is -0.137. The van der Waals surface area contributed by atoms with Gasteiger partial charge in [-0.15, -0.1) is 0 Å². The number of hydrogen-bond acceptors (Lipinski definition) is 3. The SMILES string of the molecule is Cc1cc(S(=O)O)ccc1OCCCC(=O)O. The zero-order valence-electron chi connectivity index (χ0n) is 9.38. The summed E-state index contributed by atoms with van der Waals surface area (Å²) in [5, 5.41) is 8.45. The highest BCUT2D eigenvalue weighted by atomic mass is 32.2. The Hall–Kier alpha value is -1.40. The summed E-state index contributed by atoms with van der Waals surface area (Å²) in [7, 11) is 0. The first-order valence-electron chi connectivity index (χ1n) is 5.07. The first kappa shape index (κ1) is 13.7. The molecule has 0 aliphatic heterocycles. The van der Waals surface area contributed by atoms with Gasteiger partial charge < -0.3 is 14.4 Å². The van der Waals surface area contributed by atoms with Gasteiger partial charge in [0.1, 0.15) is 5.75 Å². The summed E-state index contributed by atoms with van der Waals surface area (Å²) in [6.07, 6.45) is 0.500. The van der Waals surface area contributed by atoms with E-state index >= 15 is 0 Å². The van der Waals surface area contributed by atoms with Crippen molar-refractivity contribution in [3.8, 4) is 5.75 Å². The van der Waals surface area contributed by atoms with Crippen LogP contribution in [0.5, 0.6) is 5.75 Å². The van der Waals surface area contributed by atoms with Crippen LogP contribution in [0, 0.1) is 6.92 Å². The number of rotatable bonds is 6. The van der Waals surface area contributed by atoms with Gasteiger partial charge in [0, 0.05) is 6.42 Å². The molecule has 94 valence electrons. The molecule has 1 aromatic carbocycles. The average molecular weight is 258 g/mol. The second-order valence-corrected chi connectivity index (χ2v) is 4.49. The van der Waals surface area contributed by atoms with Crippen LogP contribution in [0.3, 0.4) is 0 Å². The lowest BCUT2D eigenvalue weighted by Gasteiger charge is -2.09. The summed E-state index contributed by atoms with van der Waals surface area (Å²) >= 11 is -1.99. The van der Waals surface area contributed by atoms with Crippen LogP contribution < -0.4 is 4.74 Å². The fourth-order valence-corrected chi connectivity index (χ4v) is 1.76. The Kier molecular flexibility index (Phi) is 5.11.